The van der Waals surface area contributed by atoms with Crippen LogP contribution in [0.1, 0.15) is 5.56 Å². The number of thiazole rings is 1. The Kier molecular flexibility index (Phi) is 5.09. The van der Waals surface area contributed by atoms with Crippen LogP contribution in [0.5, 0.6) is 11.5 Å². The molecule has 0 aliphatic carbocycles. The Bertz CT molecular complexity index is 1130. The van der Waals surface area contributed by atoms with E-state index in [9.17, 15) is 4.79 Å². The molecular formula is C19H18N6O3S. The van der Waals surface area contributed by atoms with E-state index in [1.165, 1.54) is 16.1 Å². The third kappa shape index (κ3) is 4.02. The molecule has 2 aromatic heterocycles. The van der Waals surface area contributed by atoms with Crippen LogP contribution in [-0.4, -0.2) is 45.3 Å². The van der Waals surface area contributed by atoms with Gasteiger partial charge in [-0.2, -0.15) is 4.80 Å². The SMILES string of the molecule is COc1cc2nc(NC(=O)Cn3nnc(-c4ccc(C)cc4)n3)sc2cc1OC. The van der Waals surface area contributed by atoms with Gasteiger partial charge in [0.05, 0.1) is 24.4 Å². The first-order valence-electron chi connectivity index (χ1n) is 8.73. The highest BCUT2D eigenvalue weighted by Gasteiger charge is 2.14. The number of hydrogen-bond acceptors (Lipinski definition) is 8. The lowest BCUT2D eigenvalue weighted by molar-refractivity contribution is -0.117. The Hall–Kier alpha value is -3.53. The van der Waals surface area contributed by atoms with Crippen LogP contribution in [0.25, 0.3) is 21.6 Å². The number of amides is 1. The number of anilines is 1. The highest BCUT2D eigenvalue weighted by Crippen LogP contribution is 2.36. The quantitative estimate of drug-likeness (QED) is 0.521. The Morgan fingerprint density at radius 2 is 1.86 bits per heavy atom. The molecule has 10 heteroatoms. The van der Waals surface area contributed by atoms with E-state index in [2.05, 4.69) is 25.7 Å². The number of methoxy groups -OCH3 is 2. The molecule has 0 fully saturated rings. The van der Waals surface area contributed by atoms with Gasteiger partial charge in [-0.05, 0) is 12.1 Å². The van der Waals surface area contributed by atoms with Crippen LogP contribution in [0.15, 0.2) is 36.4 Å². The van der Waals surface area contributed by atoms with Crippen molar-refractivity contribution in [2.75, 3.05) is 19.5 Å². The molecule has 1 N–H and O–H groups in total. The van der Waals surface area contributed by atoms with Gasteiger partial charge in [0, 0.05) is 17.7 Å². The Labute approximate surface area is 170 Å². The number of fused-ring (bicyclic) bond motifs is 1. The van der Waals surface area contributed by atoms with E-state index in [1.807, 2.05) is 37.3 Å². The fourth-order valence-corrected chi connectivity index (χ4v) is 3.62. The van der Waals surface area contributed by atoms with Crippen molar-refractivity contribution in [3.63, 3.8) is 0 Å². The van der Waals surface area contributed by atoms with E-state index in [0.29, 0.717) is 28.0 Å². The standard InChI is InChI=1S/C19H18N6O3S/c1-11-4-6-12(7-5-11)18-22-24-25(23-18)10-17(26)21-19-20-13-8-14(27-2)15(28-3)9-16(13)29-19/h4-9H,10H2,1-3H3,(H,20,21,26). The summed E-state index contributed by atoms with van der Waals surface area (Å²) in [7, 11) is 3.14. The number of hydrogen-bond donors (Lipinski definition) is 1. The summed E-state index contributed by atoms with van der Waals surface area (Å²) < 4.78 is 11.5. The normalized spacial score (nSPS) is 10.9. The second-order valence-corrected chi connectivity index (χ2v) is 7.28. The molecule has 0 radical (unpaired) electrons. The van der Waals surface area contributed by atoms with Crippen LogP contribution in [-0.2, 0) is 11.3 Å². The summed E-state index contributed by atoms with van der Waals surface area (Å²) >= 11 is 1.34. The number of tetrazole rings is 1. The highest BCUT2D eigenvalue weighted by atomic mass is 32.1. The zero-order valence-electron chi connectivity index (χ0n) is 16.0. The van der Waals surface area contributed by atoms with Gasteiger partial charge in [0.2, 0.25) is 11.7 Å². The molecule has 4 rings (SSSR count). The predicted molar refractivity (Wildman–Crippen MR) is 109 cm³/mol. The molecule has 0 aliphatic heterocycles. The molecule has 29 heavy (non-hydrogen) atoms. The summed E-state index contributed by atoms with van der Waals surface area (Å²) in [6.45, 7) is 1.94. The number of ether oxygens (including phenoxy) is 2. The lowest BCUT2D eigenvalue weighted by atomic mass is 10.1. The minimum Gasteiger partial charge on any atom is -0.493 e. The lowest BCUT2D eigenvalue weighted by Crippen LogP contribution is -2.20. The molecular weight excluding hydrogens is 392 g/mol. The van der Waals surface area contributed by atoms with Gasteiger partial charge in [0.15, 0.2) is 16.6 Å². The molecule has 148 valence electrons. The largest absolute Gasteiger partial charge is 0.493 e. The van der Waals surface area contributed by atoms with E-state index in [0.717, 1.165) is 15.8 Å². The number of rotatable bonds is 6. The summed E-state index contributed by atoms with van der Waals surface area (Å²) in [5, 5.41) is 15.5. The summed E-state index contributed by atoms with van der Waals surface area (Å²) in [6.07, 6.45) is 0. The molecule has 2 aromatic carbocycles. The Morgan fingerprint density at radius 3 is 2.59 bits per heavy atom. The third-order valence-corrected chi connectivity index (χ3v) is 5.12. The van der Waals surface area contributed by atoms with Crippen LogP contribution in [0.4, 0.5) is 5.13 Å². The first-order chi connectivity index (χ1) is 14.1. The molecule has 4 aromatic rings. The minimum atomic E-state index is -0.296. The zero-order valence-corrected chi connectivity index (χ0v) is 16.9. The molecule has 0 saturated carbocycles. The van der Waals surface area contributed by atoms with Crippen LogP contribution in [0.3, 0.4) is 0 Å². The third-order valence-electron chi connectivity index (χ3n) is 4.19. The predicted octanol–water partition coefficient (Wildman–Crippen LogP) is 2.91. The van der Waals surface area contributed by atoms with Crippen molar-refractivity contribution in [2.45, 2.75) is 13.5 Å². The van der Waals surface area contributed by atoms with Crippen molar-refractivity contribution in [1.82, 2.24) is 25.2 Å². The van der Waals surface area contributed by atoms with Crippen molar-refractivity contribution in [3.8, 4) is 22.9 Å². The van der Waals surface area contributed by atoms with Crippen molar-refractivity contribution < 1.29 is 14.3 Å². The van der Waals surface area contributed by atoms with Gasteiger partial charge >= 0.3 is 0 Å². The van der Waals surface area contributed by atoms with Crippen molar-refractivity contribution in [3.05, 3.63) is 42.0 Å². The van der Waals surface area contributed by atoms with Gasteiger partial charge in [0.1, 0.15) is 6.54 Å². The number of carbonyl (C=O) groups excluding carboxylic acids is 1. The van der Waals surface area contributed by atoms with Crippen molar-refractivity contribution >= 4 is 32.6 Å². The van der Waals surface area contributed by atoms with Crippen LogP contribution in [0, 0.1) is 6.92 Å². The van der Waals surface area contributed by atoms with E-state index >= 15 is 0 Å². The molecule has 2 heterocycles. The maximum atomic E-state index is 12.4. The highest BCUT2D eigenvalue weighted by molar-refractivity contribution is 7.22. The smallest absolute Gasteiger partial charge is 0.249 e. The monoisotopic (exact) mass is 410 g/mol. The molecule has 0 bridgehead atoms. The van der Waals surface area contributed by atoms with E-state index in [1.54, 1.807) is 20.3 Å². The zero-order chi connectivity index (χ0) is 20.4. The maximum Gasteiger partial charge on any atom is 0.249 e. The average molecular weight is 410 g/mol. The van der Waals surface area contributed by atoms with Crippen LogP contribution >= 0.6 is 11.3 Å². The second kappa shape index (κ2) is 7.84. The number of carbonyl (C=O) groups is 1. The molecule has 0 atom stereocenters. The molecule has 0 saturated heterocycles. The summed E-state index contributed by atoms with van der Waals surface area (Å²) in [4.78, 5) is 18.1. The molecule has 1 amide bonds. The lowest BCUT2D eigenvalue weighted by Gasteiger charge is -2.05. The number of nitrogens with zero attached hydrogens (tertiary/aromatic N) is 5. The molecule has 0 aliphatic rings. The van der Waals surface area contributed by atoms with E-state index in [-0.39, 0.29) is 12.5 Å². The minimum absolute atomic E-state index is 0.0680. The fourth-order valence-electron chi connectivity index (χ4n) is 2.72. The number of aromatic nitrogens is 5. The van der Waals surface area contributed by atoms with Crippen LogP contribution in [0.2, 0.25) is 0 Å². The van der Waals surface area contributed by atoms with Gasteiger partial charge in [0.25, 0.3) is 0 Å². The van der Waals surface area contributed by atoms with Gasteiger partial charge in [-0.3, -0.25) is 4.79 Å². The first-order valence-corrected chi connectivity index (χ1v) is 9.54. The molecule has 9 nitrogen and oxygen atoms in total. The van der Waals surface area contributed by atoms with E-state index in [4.69, 9.17) is 9.47 Å². The summed E-state index contributed by atoms with van der Waals surface area (Å²) in [5.41, 5.74) is 2.70. The van der Waals surface area contributed by atoms with Gasteiger partial charge in [-0.15, -0.1) is 10.2 Å². The summed E-state index contributed by atoms with van der Waals surface area (Å²) in [6, 6.07) is 11.4. The van der Waals surface area contributed by atoms with Gasteiger partial charge < -0.3 is 14.8 Å². The average Bonchev–Trinajstić information content (AvgIpc) is 3.33. The van der Waals surface area contributed by atoms with Crippen LogP contribution < -0.4 is 14.8 Å². The van der Waals surface area contributed by atoms with Gasteiger partial charge in [-0.1, -0.05) is 41.2 Å². The fraction of sp³-hybridized carbons (Fsp3) is 0.211. The first kappa shape index (κ1) is 18.8. The summed E-state index contributed by atoms with van der Waals surface area (Å²) in [5.74, 6) is 1.36. The Balaban J connectivity index is 1.46. The molecule has 0 spiro atoms. The van der Waals surface area contributed by atoms with Crippen molar-refractivity contribution in [1.29, 1.82) is 0 Å². The maximum absolute atomic E-state index is 12.4. The van der Waals surface area contributed by atoms with Gasteiger partial charge in [-0.25, -0.2) is 4.98 Å². The topological polar surface area (TPSA) is 104 Å². The van der Waals surface area contributed by atoms with Crippen molar-refractivity contribution in [2.24, 2.45) is 0 Å². The Morgan fingerprint density at radius 1 is 1.14 bits per heavy atom. The molecule has 0 unspecified atom stereocenters. The second-order valence-electron chi connectivity index (χ2n) is 6.25. The number of nitrogens with one attached hydrogen (secondary N) is 1. The number of benzene rings is 2. The number of aryl methyl sites for hydroxylation is 1. The van der Waals surface area contributed by atoms with E-state index < -0.39 is 0 Å².